The molecule has 0 amide bonds. The molecule has 0 aliphatic carbocycles. The van der Waals surface area contributed by atoms with Crippen LogP contribution < -0.4 is 16.4 Å². The summed E-state index contributed by atoms with van der Waals surface area (Å²) in [4.78, 5) is 8.70. The summed E-state index contributed by atoms with van der Waals surface area (Å²) in [6.45, 7) is 0. The second-order valence-corrected chi connectivity index (χ2v) is 11.6. The van der Waals surface area contributed by atoms with Crippen LogP contribution in [0.3, 0.4) is 0 Å². The number of aromatic nitrogens is 3. The van der Waals surface area contributed by atoms with Crippen LogP contribution >= 0.6 is 0 Å². The fourth-order valence-electron chi connectivity index (χ4n) is 3.48. The minimum absolute atomic E-state index is 0.0773. The van der Waals surface area contributed by atoms with E-state index in [0.717, 1.165) is 36.4 Å². The van der Waals surface area contributed by atoms with Gasteiger partial charge in [0.25, 0.3) is 30.4 Å². The van der Waals surface area contributed by atoms with Gasteiger partial charge in [-0.1, -0.05) is 18.2 Å². The molecule has 0 aliphatic rings. The van der Waals surface area contributed by atoms with Gasteiger partial charge in [0.1, 0.15) is 14.7 Å². The number of nitrogens with zero attached hydrogens (tertiary/aromatic N) is 3. The standard InChI is InChI=1S/C19H15FN6O9S3/c20-17-24-18(22-9-4-7-15(12(21)8-9)37(30,31)32)26-19(25-17)23-13-6-5-10-11(16(13)38(33,34)35)2-1-3-14(10)36(27,28)29/h1-8H,21H2,(H,27,28,29)(H,30,31,32)(H,33,34,35)(H2,22,23,24,25,26). The van der Waals surface area contributed by atoms with Crippen LogP contribution in [0.2, 0.25) is 0 Å². The maximum Gasteiger partial charge on any atom is 0.315 e. The average Bonchev–Trinajstić information content (AvgIpc) is 2.75. The summed E-state index contributed by atoms with van der Waals surface area (Å²) < 4.78 is 113. The Hall–Kier alpha value is -4.01. The Labute approximate surface area is 213 Å². The van der Waals surface area contributed by atoms with Gasteiger partial charge in [0, 0.05) is 16.5 Å². The molecule has 0 aliphatic heterocycles. The molecule has 1 aromatic heterocycles. The molecule has 15 nitrogen and oxygen atoms in total. The van der Waals surface area contributed by atoms with Crippen LogP contribution in [0, 0.1) is 6.08 Å². The number of rotatable bonds is 7. The predicted octanol–water partition coefficient (Wildman–Crippen LogP) is 1.97. The average molecular weight is 587 g/mol. The van der Waals surface area contributed by atoms with E-state index in [4.69, 9.17) is 10.3 Å². The van der Waals surface area contributed by atoms with Crippen molar-refractivity contribution in [1.82, 2.24) is 15.0 Å². The number of hydrogen-bond acceptors (Lipinski definition) is 12. The lowest BCUT2D eigenvalue weighted by Gasteiger charge is -2.14. The largest absolute Gasteiger partial charge is 0.398 e. The summed E-state index contributed by atoms with van der Waals surface area (Å²) in [5, 5.41) is 4.41. The van der Waals surface area contributed by atoms with E-state index >= 15 is 0 Å². The fraction of sp³-hybridized carbons (Fsp3) is 0. The Morgan fingerprint density at radius 1 is 0.711 bits per heavy atom. The van der Waals surface area contributed by atoms with Gasteiger partial charge in [-0.15, -0.1) is 0 Å². The number of anilines is 5. The minimum atomic E-state index is -5.04. The normalized spacial score (nSPS) is 12.4. The van der Waals surface area contributed by atoms with Crippen molar-refractivity contribution in [3.8, 4) is 0 Å². The lowest BCUT2D eigenvalue weighted by atomic mass is 10.1. The number of halogens is 1. The topological polar surface area (TPSA) is 252 Å². The molecule has 0 saturated carbocycles. The van der Waals surface area contributed by atoms with Gasteiger partial charge < -0.3 is 16.4 Å². The van der Waals surface area contributed by atoms with E-state index in [1.54, 1.807) is 0 Å². The van der Waals surface area contributed by atoms with Crippen molar-refractivity contribution < 1.29 is 43.3 Å². The van der Waals surface area contributed by atoms with Gasteiger partial charge in [0.05, 0.1) is 11.4 Å². The molecule has 0 fully saturated rings. The molecule has 38 heavy (non-hydrogen) atoms. The van der Waals surface area contributed by atoms with Crippen molar-refractivity contribution in [2.45, 2.75) is 14.7 Å². The van der Waals surface area contributed by atoms with Gasteiger partial charge in [-0.2, -0.15) is 44.6 Å². The highest BCUT2D eigenvalue weighted by molar-refractivity contribution is 7.86. The zero-order valence-corrected chi connectivity index (χ0v) is 20.9. The zero-order valence-electron chi connectivity index (χ0n) is 18.4. The fourth-order valence-corrected chi connectivity index (χ4v) is 5.63. The molecule has 7 N–H and O–H groups in total. The molecule has 19 heteroatoms. The summed E-state index contributed by atoms with van der Waals surface area (Å²) in [7, 11) is -14.4. The van der Waals surface area contributed by atoms with Gasteiger partial charge >= 0.3 is 6.08 Å². The van der Waals surface area contributed by atoms with Crippen LogP contribution in [0.25, 0.3) is 10.8 Å². The smallest absolute Gasteiger partial charge is 0.315 e. The van der Waals surface area contributed by atoms with Gasteiger partial charge in [-0.05, 0) is 30.3 Å². The van der Waals surface area contributed by atoms with Crippen molar-refractivity contribution in [3.63, 3.8) is 0 Å². The van der Waals surface area contributed by atoms with Crippen LogP contribution in [0.1, 0.15) is 0 Å². The number of benzene rings is 3. The van der Waals surface area contributed by atoms with Crippen molar-refractivity contribution in [2.24, 2.45) is 0 Å². The number of nitrogens with one attached hydrogen (secondary N) is 2. The third-order valence-corrected chi connectivity index (χ3v) is 7.70. The number of nitrogen functional groups attached to an aromatic ring is 1. The molecule has 4 rings (SSSR count). The van der Waals surface area contributed by atoms with Gasteiger partial charge in [0.2, 0.25) is 11.9 Å². The van der Waals surface area contributed by atoms with Gasteiger partial charge in [-0.3, -0.25) is 13.7 Å². The lowest BCUT2D eigenvalue weighted by Crippen LogP contribution is -2.10. The van der Waals surface area contributed by atoms with E-state index in [1.165, 1.54) is 12.1 Å². The highest BCUT2D eigenvalue weighted by Gasteiger charge is 2.24. The van der Waals surface area contributed by atoms with Crippen molar-refractivity contribution >= 4 is 70.1 Å². The highest BCUT2D eigenvalue weighted by Crippen LogP contribution is 2.35. The Morgan fingerprint density at radius 2 is 1.34 bits per heavy atom. The van der Waals surface area contributed by atoms with E-state index in [2.05, 4.69) is 25.6 Å². The molecule has 0 radical (unpaired) electrons. The minimum Gasteiger partial charge on any atom is -0.398 e. The third kappa shape index (κ3) is 5.61. The molecule has 4 aromatic rings. The predicted molar refractivity (Wildman–Crippen MR) is 131 cm³/mol. The highest BCUT2D eigenvalue weighted by atomic mass is 32.2. The SMILES string of the molecule is Nc1cc(Nc2nc(F)nc(Nc3ccc4c(S(=O)(=O)O)cccc4c3S(=O)(=O)O)n2)ccc1S(=O)(=O)O. The van der Waals surface area contributed by atoms with E-state index in [0.29, 0.717) is 0 Å². The van der Waals surface area contributed by atoms with E-state index < -0.39 is 63.0 Å². The van der Waals surface area contributed by atoms with E-state index in [1.807, 2.05) is 0 Å². The summed E-state index contributed by atoms with van der Waals surface area (Å²) in [5.74, 6) is -1.00. The summed E-state index contributed by atoms with van der Waals surface area (Å²) in [6, 6.07) is 8.71. The first-order valence-corrected chi connectivity index (χ1v) is 14.2. The molecule has 1 heterocycles. The first-order valence-electron chi connectivity index (χ1n) is 9.87. The number of nitrogens with two attached hydrogens (primary N) is 1. The van der Waals surface area contributed by atoms with Gasteiger partial charge in [0.15, 0.2) is 0 Å². The van der Waals surface area contributed by atoms with Crippen molar-refractivity contribution in [1.29, 1.82) is 0 Å². The molecule has 0 atom stereocenters. The van der Waals surface area contributed by atoms with E-state index in [-0.39, 0.29) is 27.8 Å². The Bertz CT molecular complexity index is 1940. The van der Waals surface area contributed by atoms with Crippen molar-refractivity contribution in [2.75, 3.05) is 16.4 Å². The Morgan fingerprint density at radius 3 is 1.92 bits per heavy atom. The molecule has 0 unspecified atom stereocenters. The maximum atomic E-state index is 14.2. The quantitative estimate of drug-likeness (QED) is 0.134. The monoisotopic (exact) mass is 586 g/mol. The van der Waals surface area contributed by atoms with Crippen LogP contribution in [0.15, 0.2) is 63.2 Å². The second kappa shape index (κ2) is 9.38. The molecule has 0 spiro atoms. The molecule has 3 aromatic carbocycles. The Kier molecular flexibility index (Phi) is 6.67. The summed E-state index contributed by atoms with van der Waals surface area (Å²) in [6.07, 6.45) is -1.34. The first-order chi connectivity index (χ1) is 17.5. The van der Waals surface area contributed by atoms with Gasteiger partial charge in [-0.25, -0.2) is 0 Å². The second-order valence-electron chi connectivity index (χ2n) is 7.47. The first kappa shape index (κ1) is 27.0. The zero-order chi connectivity index (χ0) is 28.0. The Balaban J connectivity index is 1.77. The number of hydrogen-bond donors (Lipinski definition) is 6. The summed E-state index contributed by atoms with van der Waals surface area (Å²) in [5.41, 5.74) is 4.96. The van der Waals surface area contributed by atoms with E-state index in [9.17, 15) is 38.7 Å². The molecule has 0 saturated heterocycles. The summed E-state index contributed by atoms with van der Waals surface area (Å²) >= 11 is 0. The van der Waals surface area contributed by atoms with Crippen LogP contribution in [-0.4, -0.2) is 53.9 Å². The number of fused-ring (bicyclic) bond motifs is 1. The molecule has 200 valence electrons. The lowest BCUT2D eigenvalue weighted by molar-refractivity contribution is 0.481. The maximum absolute atomic E-state index is 14.2. The van der Waals surface area contributed by atoms with Crippen molar-refractivity contribution in [3.05, 3.63) is 54.6 Å². The molecular formula is C19H15FN6O9S3. The van der Waals surface area contributed by atoms with Crippen LogP contribution in [0.5, 0.6) is 0 Å². The molecular weight excluding hydrogens is 571 g/mol. The van der Waals surface area contributed by atoms with Crippen LogP contribution in [-0.2, 0) is 30.4 Å². The molecule has 0 bridgehead atoms. The third-order valence-electron chi connectivity index (χ3n) is 4.91. The van der Waals surface area contributed by atoms with Crippen LogP contribution in [0.4, 0.5) is 33.3 Å².